The molecule has 7 nitrogen and oxygen atoms in total. The number of hydrogen-bond acceptors (Lipinski definition) is 4. The molecule has 1 heterocycles. The Balaban J connectivity index is 1.78. The lowest BCUT2D eigenvalue weighted by molar-refractivity contribution is -0.158. The molecule has 0 radical (unpaired) electrons. The van der Waals surface area contributed by atoms with Gasteiger partial charge in [0.05, 0.1) is 11.4 Å². The number of para-hydroxylation sites is 1. The minimum absolute atomic E-state index is 0.126. The molecular weight excluding hydrogens is 405 g/mol. The second-order valence-electron chi connectivity index (χ2n) is 7.19. The molecule has 1 aliphatic carbocycles. The van der Waals surface area contributed by atoms with Crippen molar-refractivity contribution in [3.8, 4) is 5.69 Å². The highest BCUT2D eigenvalue weighted by Crippen LogP contribution is 2.64. The van der Waals surface area contributed by atoms with E-state index in [4.69, 9.17) is 27.9 Å². The molecule has 1 N–H and O–H groups in total. The summed E-state index contributed by atoms with van der Waals surface area (Å²) in [5.41, 5.74) is -0.0581. The number of esters is 1. The van der Waals surface area contributed by atoms with Gasteiger partial charge in [-0.1, -0.05) is 18.2 Å². The SMILES string of the molecule is Cc1c(NC(=O)[C@H](C)OC(=O)[C@]2(C)CC2(Cl)Cl)c(=O)n(-c2ccccc2)n1C. The van der Waals surface area contributed by atoms with E-state index in [1.165, 1.54) is 11.6 Å². The van der Waals surface area contributed by atoms with Gasteiger partial charge in [0, 0.05) is 13.5 Å². The first-order valence-corrected chi connectivity index (χ1v) is 9.49. The number of alkyl halides is 2. The molecule has 0 aliphatic heterocycles. The van der Waals surface area contributed by atoms with Crippen molar-refractivity contribution >= 4 is 40.8 Å². The van der Waals surface area contributed by atoms with E-state index in [0.29, 0.717) is 11.4 Å². The van der Waals surface area contributed by atoms with Crippen LogP contribution in [0.2, 0.25) is 0 Å². The smallest absolute Gasteiger partial charge is 0.315 e. The molecule has 1 aromatic heterocycles. The van der Waals surface area contributed by atoms with Crippen molar-refractivity contribution in [2.45, 2.75) is 37.6 Å². The third-order valence-corrected chi connectivity index (χ3v) is 6.27. The highest BCUT2D eigenvalue weighted by molar-refractivity contribution is 6.53. The first-order chi connectivity index (χ1) is 13.0. The van der Waals surface area contributed by atoms with Gasteiger partial charge < -0.3 is 10.1 Å². The fourth-order valence-electron chi connectivity index (χ4n) is 2.90. The zero-order valence-corrected chi connectivity index (χ0v) is 17.5. The van der Waals surface area contributed by atoms with Gasteiger partial charge in [0.1, 0.15) is 15.4 Å². The van der Waals surface area contributed by atoms with E-state index in [9.17, 15) is 14.4 Å². The van der Waals surface area contributed by atoms with E-state index in [0.717, 1.165) is 0 Å². The van der Waals surface area contributed by atoms with Gasteiger partial charge in [-0.25, -0.2) is 4.68 Å². The summed E-state index contributed by atoms with van der Waals surface area (Å²) in [5.74, 6) is -1.26. The molecular formula is C19H21Cl2N3O4. The van der Waals surface area contributed by atoms with E-state index < -0.39 is 27.7 Å². The molecule has 150 valence electrons. The molecule has 1 aromatic carbocycles. The highest BCUT2D eigenvalue weighted by atomic mass is 35.5. The third-order valence-electron chi connectivity index (χ3n) is 5.16. The van der Waals surface area contributed by atoms with E-state index in [-0.39, 0.29) is 17.7 Å². The lowest BCUT2D eigenvalue weighted by atomic mass is 10.1. The Kier molecular flexibility index (Phi) is 5.10. The number of carbonyl (C=O) groups excluding carboxylic acids is 2. The maximum absolute atomic E-state index is 12.8. The number of nitrogens with one attached hydrogen (secondary N) is 1. The molecule has 0 saturated heterocycles. The number of anilines is 1. The molecule has 1 saturated carbocycles. The molecule has 1 fully saturated rings. The van der Waals surface area contributed by atoms with Gasteiger partial charge in [-0.15, -0.1) is 23.2 Å². The minimum Gasteiger partial charge on any atom is -0.452 e. The standard InChI is InChI=1S/C19H21Cl2N3O4/c1-11-14(16(26)24(23(11)4)13-8-6-5-7-9-13)22-15(25)12(2)28-17(27)18(3)10-19(18,20)21/h5-9,12H,10H2,1-4H3,(H,22,25)/t12-,18-/m0/s1. The van der Waals surface area contributed by atoms with Crippen molar-refractivity contribution in [1.29, 1.82) is 0 Å². The van der Waals surface area contributed by atoms with Crippen molar-refractivity contribution in [2.75, 3.05) is 5.32 Å². The quantitative estimate of drug-likeness (QED) is 0.589. The molecule has 2 atom stereocenters. The highest BCUT2D eigenvalue weighted by Gasteiger charge is 2.69. The molecule has 3 rings (SSSR count). The number of amides is 1. The summed E-state index contributed by atoms with van der Waals surface area (Å²) in [6.45, 7) is 4.73. The largest absolute Gasteiger partial charge is 0.452 e. The molecule has 9 heteroatoms. The van der Waals surface area contributed by atoms with Crippen LogP contribution in [-0.2, 0) is 21.4 Å². The van der Waals surface area contributed by atoms with E-state index >= 15 is 0 Å². The van der Waals surface area contributed by atoms with Crippen molar-refractivity contribution in [3.63, 3.8) is 0 Å². The van der Waals surface area contributed by atoms with Crippen molar-refractivity contribution in [3.05, 3.63) is 46.4 Å². The third kappa shape index (κ3) is 3.33. The molecule has 28 heavy (non-hydrogen) atoms. The number of aromatic nitrogens is 2. The Morgan fingerprint density at radius 3 is 2.36 bits per heavy atom. The summed E-state index contributed by atoms with van der Waals surface area (Å²) in [6.07, 6.45) is -0.853. The first kappa shape index (κ1) is 20.5. The fraction of sp³-hybridized carbons (Fsp3) is 0.421. The molecule has 0 bridgehead atoms. The Morgan fingerprint density at radius 2 is 1.82 bits per heavy atom. The topological polar surface area (TPSA) is 82.3 Å². The van der Waals surface area contributed by atoms with Crippen LogP contribution >= 0.6 is 23.2 Å². The van der Waals surface area contributed by atoms with Crippen LogP contribution in [0.5, 0.6) is 0 Å². The van der Waals surface area contributed by atoms with Crippen LogP contribution in [0.3, 0.4) is 0 Å². The van der Waals surface area contributed by atoms with Crippen molar-refractivity contribution in [1.82, 2.24) is 9.36 Å². The molecule has 0 unspecified atom stereocenters. The molecule has 1 aliphatic rings. The summed E-state index contributed by atoms with van der Waals surface area (Å²) in [6, 6.07) is 9.06. The van der Waals surface area contributed by atoms with Crippen LogP contribution < -0.4 is 10.9 Å². The molecule has 1 amide bonds. The van der Waals surface area contributed by atoms with Gasteiger partial charge in [-0.2, -0.15) is 0 Å². The zero-order valence-electron chi connectivity index (χ0n) is 16.0. The summed E-state index contributed by atoms with van der Waals surface area (Å²) < 4.78 is 7.12. The number of ether oxygens (including phenoxy) is 1. The van der Waals surface area contributed by atoms with E-state index in [1.54, 1.807) is 37.7 Å². The van der Waals surface area contributed by atoms with Crippen molar-refractivity contribution < 1.29 is 14.3 Å². The van der Waals surface area contributed by atoms with Gasteiger partial charge >= 0.3 is 5.97 Å². The number of carbonyl (C=O) groups is 2. The Morgan fingerprint density at radius 1 is 1.25 bits per heavy atom. The van der Waals surface area contributed by atoms with Gasteiger partial charge in [-0.3, -0.25) is 19.1 Å². The predicted molar refractivity (Wildman–Crippen MR) is 107 cm³/mol. The number of hydrogen-bond donors (Lipinski definition) is 1. The average Bonchev–Trinajstić information content (AvgIpc) is 3.10. The number of benzene rings is 1. The Labute approximate surface area is 172 Å². The van der Waals surface area contributed by atoms with Crippen LogP contribution in [0.15, 0.2) is 35.1 Å². The summed E-state index contributed by atoms with van der Waals surface area (Å²) in [5, 5.41) is 2.57. The van der Waals surface area contributed by atoms with Gasteiger partial charge in [0.2, 0.25) is 0 Å². The predicted octanol–water partition coefficient (Wildman–Crippen LogP) is 2.94. The number of rotatable bonds is 5. The summed E-state index contributed by atoms with van der Waals surface area (Å²) >= 11 is 11.9. The average molecular weight is 426 g/mol. The van der Waals surface area contributed by atoms with Crippen molar-refractivity contribution in [2.24, 2.45) is 12.5 Å². The minimum atomic E-state index is -1.18. The summed E-state index contributed by atoms with van der Waals surface area (Å²) in [4.78, 5) is 37.6. The maximum atomic E-state index is 12.8. The second kappa shape index (κ2) is 6.97. The van der Waals surface area contributed by atoms with Crippen LogP contribution in [-0.4, -0.2) is 31.7 Å². The van der Waals surface area contributed by atoms with Gasteiger partial charge in [0.15, 0.2) is 6.10 Å². The van der Waals surface area contributed by atoms with Crippen LogP contribution in [0.25, 0.3) is 5.69 Å². The van der Waals surface area contributed by atoms with Gasteiger partial charge in [-0.05, 0) is 32.9 Å². The Hall–Kier alpha value is -2.25. The second-order valence-corrected chi connectivity index (χ2v) is 8.67. The van der Waals surface area contributed by atoms with Crippen LogP contribution in [0.4, 0.5) is 5.69 Å². The monoisotopic (exact) mass is 425 g/mol. The molecule has 2 aromatic rings. The van der Waals surface area contributed by atoms with Crippen LogP contribution in [0.1, 0.15) is 26.0 Å². The fourth-order valence-corrected chi connectivity index (χ4v) is 3.59. The number of nitrogens with zero attached hydrogens (tertiary/aromatic N) is 2. The number of halogens is 2. The summed E-state index contributed by atoms with van der Waals surface area (Å²) in [7, 11) is 1.72. The van der Waals surface area contributed by atoms with E-state index in [2.05, 4.69) is 5.32 Å². The van der Waals surface area contributed by atoms with Gasteiger partial charge in [0.25, 0.3) is 11.5 Å². The Bertz CT molecular complexity index is 997. The van der Waals surface area contributed by atoms with Crippen LogP contribution in [0, 0.1) is 12.3 Å². The normalized spacial score (nSPS) is 21.1. The van der Waals surface area contributed by atoms with E-state index in [1.807, 2.05) is 18.2 Å². The lowest BCUT2D eigenvalue weighted by Gasteiger charge is -2.16. The first-order valence-electron chi connectivity index (χ1n) is 8.73. The zero-order chi connectivity index (χ0) is 20.9. The lowest BCUT2D eigenvalue weighted by Crippen LogP contribution is -2.34. The maximum Gasteiger partial charge on any atom is 0.315 e. The molecule has 0 spiro atoms.